The number of amides is 1. The molecular weight excluding hydrogens is 324 g/mol. The molecular formula is C17H24N4O2S. The molecule has 1 amide bonds. The van der Waals surface area contributed by atoms with Crippen LogP contribution in [-0.2, 0) is 11.8 Å². The number of hydrogen-bond acceptors (Lipinski definition) is 5. The summed E-state index contributed by atoms with van der Waals surface area (Å²) in [6, 6.07) is 1.89. The second-order valence-corrected chi connectivity index (χ2v) is 7.14. The van der Waals surface area contributed by atoms with Gasteiger partial charge in [0.2, 0.25) is 5.91 Å². The summed E-state index contributed by atoms with van der Waals surface area (Å²) in [4.78, 5) is 14.5. The van der Waals surface area contributed by atoms with Crippen molar-refractivity contribution in [3.8, 4) is 11.4 Å². The molecule has 0 aromatic carbocycles. The topological polar surface area (TPSA) is 64.2 Å². The first-order chi connectivity index (χ1) is 11.7. The fourth-order valence-corrected chi connectivity index (χ4v) is 3.82. The van der Waals surface area contributed by atoms with Crippen LogP contribution in [0.2, 0.25) is 0 Å². The summed E-state index contributed by atoms with van der Waals surface area (Å²) in [5, 5.41) is 9.23. The molecule has 7 heteroatoms. The Balaban J connectivity index is 1.61. The van der Waals surface area contributed by atoms with E-state index >= 15 is 0 Å². The SMILES string of the molecule is Cc1occc1-c1nnc(SCC(=O)N2CCCCCCC2)n1C. The molecule has 24 heavy (non-hydrogen) atoms. The van der Waals surface area contributed by atoms with Gasteiger partial charge in [-0.25, -0.2) is 0 Å². The van der Waals surface area contributed by atoms with Crippen molar-refractivity contribution in [1.82, 2.24) is 19.7 Å². The highest BCUT2D eigenvalue weighted by Crippen LogP contribution is 2.26. The van der Waals surface area contributed by atoms with E-state index < -0.39 is 0 Å². The van der Waals surface area contributed by atoms with Crippen molar-refractivity contribution >= 4 is 17.7 Å². The lowest BCUT2D eigenvalue weighted by atomic mass is 10.1. The van der Waals surface area contributed by atoms with Crippen LogP contribution in [0.15, 0.2) is 21.9 Å². The Kier molecular flexibility index (Phi) is 5.60. The van der Waals surface area contributed by atoms with E-state index in [1.807, 2.05) is 29.5 Å². The van der Waals surface area contributed by atoms with Crippen LogP contribution in [0.1, 0.15) is 37.9 Å². The van der Waals surface area contributed by atoms with Crippen LogP contribution in [0.3, 0.4) is 0 Å². The normalized spacial score (nSPS) is 16.0. The summed E-state index contributed by atoms with van der Waals surface area (Å²) < 4.78 is 7.25. The van der Waals surface area contributed by atoms with E-state index in [1.165, 1.54) is 31.0 Å². The third-order valence-electron chi connectivity index (χ3n) is 4.47. The van der Waals surface area contributed by atoms with Crippen LogP contribution < -0.4 is 0 Å². The Morgan fingerprint density at radius 3 is 2.58 bits per heavy atom. The van der Waals surface area contributed by atoms with Crippen LogP contribution in [-0.4, -0.2) is 44.4 Å². The highest BCUT2D eigenvalue weighted by atomic mass is 32.2. The van der Waals surface area contributed by atoms with Crippen molar-refractivity contribution < 1.29 is 9.21 Å². The van der Waals surface area contributed by atoms with E-state index in [1.54, 1.807) is 6.26 Å². The number of carbonyl (C=O) groups excluding carboxylic acids is 1. The monoisotopic (exact) mass is 348 g/mol. The third kappa shape index (κ3) is 3.83. The maximum atomic E-state index is 12.5. The Hall–Kier alpha value is -1.76. The fourth-order valence-electron chi connectivity index (χ4n) is 3.01. The number of nitrogens with zero attached hydrogens (tertiary/aromatic N) is 4. The largest absolute Gasteiger partial charge is 0.469 e. The zero-order valence-corrected chi connectivity index (χ0v) is 15.1. The van der Waals surface area contributed by atoms with Gasteiger partial charge in [-0.3, -0.25) is 4.79 Å². The smallest absolute Gasteiger partial charge is 0.233 e. The van der Waals surface area contributed by atoms with Gasteiger partial charge in [0.1, 0.15) is 5.76 Å². The van der Waals surface area contributed by atoms with Crippen LogP contribution in [0.25, 0.3) is 11.4 Å². The standard InChI is InChI=1S/C17H24N4O2S/c1-13-14(8-11-23-13)16-18-19-17(20(16)2)24-12-15(22)21-9-6-4-3-5-7-10-21/h8,11H,3-7,9-10,12H2,1-2H3. The van der Waals surface area contributed by atoms with E-state index in [9.17, 15) is 4.79 Å². The van der Waals surface area contributed by atoms with Crippen LogP contribution in [0.4, 0.5) is 0 Å². The van der Waals surface area contributed by atoms with Gasteiger partial charge in [0.25, 0.3) is 0 Å². The predicted octanol–water partition coefficient (Wildman–Crippen LogP) is 3.27. The van der Waals surface area contributed by atoms with E-state index in [4.69, 9.17) is 4.42 Å². The lowest BCUT2D eigenvalue weighted by Gasteiger charge is -2.24. The Labute approximate surface area is 146 Å². The number of rotatable bonds is 4. The molecule has 130 valence electrons. The summed E-state index contributed by atoms with van der Waals surface area (Å²) >= 11 is 1.45. The first-order valence-electron chi connectivity index (χ1n) is 8.51. The maximum Gasteiger partial charge on any atom is 0.233 e. The van der Waals surface area contributed by atoms with Crippen molar-refractivity contribution in [2.24, 2.45) is 7.05 Å². The van der Waals surface area contributed by atoms with Crippen molar-refractivity contribution in [3.05, 3.63) is 18.1 Å². The van der Waals surface area contributed by atoms with Crippen molar-refractivity contribution in [2.45, 2.75) is 44.2 Å². The molecule has 2 aromatic rings. The highest BCUT2D eigenvalue weighted by Gasteiger charge is 2.18. The number of likely N-dealkylation sites (tertiary alicyclic amines) is 1. The van der Waals surface area contributed by atoms with Gasteiger partial charge in [0, 0.05) is 20.1 Å². The van der Waals surface area contributed by atoms with Gasteiger partial charge in [-0.1, -0.05) is 31.0 Å². The molecule has 0 aliphatic carbocycles. The van der Waals surface area contributed by atoms with Crippen molar-refractivity contribution in [2.75, 3.05) is 18.8 Å². The summed E-state index contributed by atoms with van der Waals surface area (Å²) in [6.45, 7) is 3.68. The average molecular weight is 348 g/mol. The van der Waals surface area contributed by atoms with Crippen LogP contribution >= 0.6 is 11.8 Å². The highest BCUT2D eigenvalue weighted by molar-refractivity contribution is 7.99. The molecule has 0 unspecified atom stereocenters. The second kappa shape index (κ2) is 7.88. The van der Waals surface area contributed by atoms with E-state index in [-0.39, 0.29) is 5.91 Å². The molecule has 0 saturated carbocycles. The molecule has 0 atom stereocenters. The number of thioether (sulfide) groups is 1. The Morgan fingerprint density at radius 2 is 1.92 bits per heavy atom. The van der Waals surface area contributed by atoms with Gasteiger partial charge in [0.05, 0.1) is 17.6 Å². The molecule has 1 saturated heterocycles. The molecule has 2 aromatic heterocycles. The quantitative estimate of drug-likeness (QED) is 0.794. The average Bonchev–Trinajstić information content (AvgIpc) is 3.10. The van der Waals surface area contributed by atoms with Crippen molar-refractivity contribution in [3.63, 3.8) is 0 Å². The Morgan fingerprint density at radius 1 is 1.21 bits per heavy atom. The van der Waals surface area contributed by atoms with Gasteiger partial charge >= 0.3 is 0 Å². The van der Waals surface area contributed by atoms with Gasteiger partial charge in [0.15, 0.2) is 11.0 Å². The number of aryl methyl sites for hydroxylation is 1. The summed E-state index contributed by atoms with van der Waals surface area (Å²) in [5.74, 6) is 2.20. The minimum atomic E-state index is 0.200. The predicted molar refractivity (Wildman–Crippen MR) is 93.8 cm³/mol. The fraction of sp³-hybridized carbons (Fsp3) is 0.588. The molecule has 3 rings (SSSR count). The minimum Gasteiger partial charge on any atom is -0.469 e. The molecule has 1 aliphatic rings. The maximum absolute atomic E-state index is 12.5. The number of furan rings is 1. The zero-order valence-electron chi connectivity index (χ0n) is 14.3. The molecule has 1 fully saturated rings. The molecule has 3 heterocycles. The van der Waals surface area contributed by atoms with Gasteiger partial charge in [-0.05, 0) is 25.8 Å². The summed E-state index contributed by atoms with van der Waals surface area (Å²) in [5.41, 5.74) is 0.937. The molecule has 0 radical (unpaired) electrons. The summed E-state index contributed by atoms with van der Waals surface area (Å²) in [6.07, 6.45) is 7.64. The summed E-state index contributed by atoms with van der Waals surface area (Å²) in [7, 11) is 1.92. The first-order valence-corrected chi connectivity index (χ1v) is 9.50. The van der Waals surface area contributed by atoms with Crippen molar-refractivity contribution in [1.29, 1.82) is 0 Å². The Bertz CT molecular complexity index is 687. The first kappa shape index (κ1) is 17.1. The third-order valence-corrected chi connectivity index (χ3v) is 5.47. The van der Waals surface area contributed by atoms with Crippen LogP contribution in [0.5, 0.6) is 0 Å². The van der Waals surface area contributed by atoms with Gasteiger partial charge in [-0.2, -0.15) is 0 Å². The lowest BCUT2D eigenvalue weighted by molar-refractivity contribution is -0.128. The second-order valence-electron chi connectivity index (χ2n) is 6.19. The van der Waals surface area contributed by atoms with E-state index in [2.05, 4.69) is 10.2 Å². The zero-order chi connectivity index (χ0) is 16.9. The molecule has 0 N–H and O–H groups in total. The molecule has 0 bridgehead atoms. The van der Waals surface area contributed by atoms with Crippen LogP contribution in [0, 0.1) is 6.92 Å². The van der Waals surface area contributed by atoms with Gasteiger partial charge < -0.3 is 13.9 Å². The van der Waals surface area contributed by atoms with Gasteiger partial charge in [-0.15, -0.1) is 10.2 Å². The molecule has 0 spiro atoms. The van der Waals surface area contributed by atoms with E-state index in [0.717, 1.165) is 48.2 Å². The lowest BCUT2D eigenvalue weighted by Crippen LogP contribution is -2.35. The van der Waals surface area contributed by atoms with E-state index in [0.29, 0.717) is 5.75 Å². The molecule has 1 aliphatic heterocycles. The molecule has 6 nitrogen and oxygen atoms in total. The number of hydrogen-bond donors (Lipinski definition) is 0. The number of carbonyl (C=O) groups is 1. The minimum absolute atomic E-state index is 0.200. The number of aromatic nitrogens is 3.